The summed E-state index contributed by atoms with van der Waals surface area (Å²) in [6.07, 6.45) is 10.8. The Morgan fingerprint density at radius 2 is 1.04 bits per heavy atom. The number of halogens is 2. The van der Waals surface area contributed by atoms with Gasteiger partial charge in [0.25, 0.3) is 0 Å². The molecular formula is C73H104Br2N14O8P2S2. The number of ether oxygens (including phenoxy) is 2. The Bertz CT molecular complexity index is 4350. The summed E-state index contributed by atoms with van der Waals surface area (Å²) in [6, 6.07) is 15.4. The van der Waals surface area contributed by atoms with Gasteiger partial charge in [-0.1, -0.05) is 19.9 Å². The normalized spacial score (nSPS) is 17.7. The Balaban J connectivity index is 0.732. The Morgan fingerprint density at radius 1 is 0.554 bits per heavy atom. The molecule has 28 heteroatoms. The second-order valence-electron chi connectivity index (χ2n) is 29.0. The molecule has 11 rings (SSSR count). The van der Waals surface area contributed by atoms with Crippen molar-refractivity contribution in [1.29, 1.82) is 0 Å². The average molecular weight is 1590 g/mol. The number of aromatic nitrogens is 4. The van der Waals surface area contributed by atoms with Crippen LogP contribution >= 0.6 is 46.1 Å². The van der Waals surface area contributed by atoms with Gasteiger partial charge in [0.05, 0.1) is 68.9 Å². The molecule has 0 unspecified atom stereocenters. The smallest absolute Gasteiger partial charge is 0.229 e. The lowest BCUT2D eigenvalue weighted by molar-refractivity contribution is 0.0881. The third-order valence-electron chi connectivity index (χ3n) is 21.2. The van der Waals surface area contributed by atoms with Gasteiger partial charge in [-0.05, 0) is 207 Å². The molecule has 1 aliphatic carbocycles. The highest BCUT2D eigenvalue weighted by molar-refractivity contribution is 9.11. The van der Waals surface area contributed by atoms with Crippen molar-refractivity contribution in [1.82, 2.24) is 39.5 Å². The van der Waals surface area contributed by atoms with E-state index in [2.05, 4.69) is 152 Å². The van der Waals surface area contributed by atoms with Crippen LogP contribution in [0.4, 0.5) is 57.7 Å². The van der Waals surface area contributed by atoms with Crippen LogP contribution in [0.1, 0.15) is 103 Å². The molecule has 0 radical (unpaired) electrons. The molecule has 6 heterocycles. The lowest BCUT2D eigenvalue weighted by Crippen LogP contribution is -2.53. The van der Waals surface area contributed by atoms with E-state index in [1.54, 1.807) is 47.1 Å². The maximum absolute atomic E-state index is 14.5. The zero-order valence-corrected chi connectivity index (χ0v) is 67.8. The third-order valence-corrected chi connectivity index (χ3v) is 28.4. The first-order chi connectivity index (χ1) is 47.9. The standard InChI is InChI=1S/C73H104Br2N14O8P2S2/c1-14-51-41-59(79-72-76-45-57(74)70(82-72)78-61-40-47(3)48(4)49(5)68(61)98(9,10)90)65(96-7)43-63(51)88-24-22-55(23-25-88)87-34-30-85(31-35-87)37-39-101(94,95)46-62-67(75)71(77-58-19-18-56(53-16-17-53)50(6)69(58)99(11,12)91)83-73(81-62)80-60-42-52(15-2)64(44-66(60)97-8)89-26-20-54(21-27-89)86-32-28-84(29-33-86)36-38-100(13,92)93/h18-19,40-45,53-55H,14-17,20-39,46H2,1-13H3,(H2,76,78,79,82)(H2,77,80,81,83). The number of aryl methyl sites for hydroxylation is 3. The number of hydrogen-bond acceptors (Lipinski definition) is 22. The number of methoxy groups -OCH3 is 2. The average Bonchev–Trinajstić information content (AvgIpc) is 1.72. The summed E-state index contributed by atoms with van der Waals surface area (Å²) in [4.78, 5) is 34.1. The second-order valence-corrected chi connectivity index (χ2v) is 41.4. The van der Waals surface area contributed by atoms with E-state index in [-0.39, 0.29) is 23.2 Å². The predicted molar refractivity (Wildman–Crippen MR) is 423 cm³/mol. The summed E-state index contributed by atoms with van der Waals surface area (Å²) in [5.74, 6) is 3.02. The Labute approximate surface area is 616 Å². The minimum absolute atomic E-state index is 0.0479. The molecule has 22 nitrogen and oxygen atoms in total. The van der Waals surface area contributed by atoms with Gasteiger partial charge in [-0.25, -0.2) is 26.8 Å². The Kier molecular flexibility index (Phi) is 24.4. The second kappa shape index (κ2) is 32.1. The van der Waals surface area contributed by atoms with Crippen LogP contribution in [0.25, 0.3) is 0 Å². The number of rotatable bonds is 27. The molecule has 5 aliphatic rings. The van der Waals surface area contributed by atoms with Crippen molar-refractivity contribution < 1.29 is 35.4 Å². The molecule has 0 amide bonds. The fourth-order valence-corrected chi connectivity index (χ4v) is 21.5. The summed E-state index contributed by atoms with van der Waals surface area (Å²) in [5, 5.41) is 15.5. The van der Waals surface area contributed by atoms with Crippen molar-refractivity contribution in [2.45, 2.75) is 117 Å². The number of piperidine rings is 2. The summed E-state index contributed by atoms with van der Waals surface area (Å²) in [7, 11) is -8.89. The van der Waals surface area contributed by atoms with E-state index >= 15 is 0 Å². The zero-order chi connectivity index (χ0) is 72.5. The van der Waals surface area contributed by atoms with E-state index in [4.69, 9.17) is 24.4 Å². The van der Waals surface area contributed by atoms with Gasteiger partial charge in [-0.2, -0.15) is 9.97 Å². The minimum Gasteiger partial charge on any atom is -0.494 e. The fraction of sp³-hybridized carbons (Fsp3) is 0.562. The Hall–Kier alpha value is -5.40. The summed E-state index contributed by atoms with van der Waals surface area (Å²) < 4.78 is 93.8. The van der Waals surface area contributed by atoms with E-state index in [1.807, 2.05) is 19.1 Å². The van der Waals surface area contributed by atoms with Gasteiger partial charge in [0.15, 0.2) is 15.7 Å². The molecule has 101 heavy (non-hydrogen) atoms. The van der Waals surface area contributed by atoms with Crippen molar-refractivity contribution in [3.8, 4) is 11.5 Å². The molecule has 4 aromatic carbocycles. The molecular weight excluding hydrogens is 1490 g/mol. The number of nitrogens with zero attached hydrogens (tertiary/aromatic N) is 10. The lowest BCUT2D eigenvalue weighted by Gasteiger charge is -2.43. The molecule has 550 valence electrons. The van der Waals surface area contributed by atoms with E-state index < -0.39 is 34.0 Å². The third kappa shape index (κ3) is 18.6. The molecule has 0 atom stereocenters. The largest absolute Gasteiger partial charge is 0.494 e. The molecule has 4 saturated heterocycles. The molecule has 0 bridgehead atoms. The van der Waals surface area contributed by atoms with Crippen LogP contribution in [0.3, 0.4) is 0 Å². The molecule has 0 spiro atoms. The highest BCUT2D eigenvalue weighted by Crippen LogP contribution is 2.48. The van der Waals surface area contributed by atoms with Gasteiger partial charge in [0.1, 0.15) is 41.4 Å². The van der Waals surface area contributed by atoms with Crippen LogP contribution in [0.15, 0.2) is 57.6 Å². The maximum atomic E-state index is 14.5. The number of anilines is 10. The van der Waals surface area contributed by atoms with Crippen molar-refractivity contribution in [2.75, 3.05) is 181 Å². The fourth-order valence-electron chi connectivity index (χ4n) is 15.4. The van der Waals surface area contributed by atoms with Gasteiger partial charge < -0.3 is 49.7 Å². The van der Waals surface area contributed by atoms with Crippen LogP contribution < -0.4 is 51.1 Å². The quantitative estimate of drug-likeness (QED) is 0.0351. The number of hydrogen-bond donors (Lipinski definition) is 4. The monoisotopic (exact) mass is 1590 g/mol. The topological polar surface area (TPSA) is 240 Å². The maximum Gasteiger partial charge on any atom is 0.229 e. The van der Waals surface area contributed by atoms with Gasteiger partial charge in [-0.3, -0.25) is 19.6 Å². The SMILES string of the molecule is CCc1cc(Nc2nc(CS(=O)(=O)CCN3CCN(C4CCN(c5cc(OC)c(Nc6ncc(Br)c(Nc7cc(C)c(C)c(C)c7P(C)(C)=O)n6)cc5CC)CC4)CC3)c(Br)c(Nc3ccc(C4CC4)c(C)c3P(C)(C)=O)n2)c(OC)cc1N1CCC(N2CCN(CCS(C)(=O)=O)CC2)CC1. The van der Waals surface area contributed by atoms with Crippen LogP contribution in [-0.2, 0) is 47.4 Å². The zero-order valence-electron chi connectivity index (χ0n) is 61.2. The van der Waals surface area contributed by atoms with Crippen LogP contribution in [0.2, 0.25) is 0 Å². The predicted octanol–water partition coefficient (Wildman–Crippen LogP) is 12.3. The number of piperazine rings is 2. The van der Waals surface area contributed by atoms with Crippen LogP contribution in [0, 0.1) is 27.7 Å². The van der Waals surface area contributed by atoms with Crippen molar-refractivity contribution >= 4 is 134 Å². The molecule has 2 aromatic heterocycles. The first-order valence-corrected chi connectivity index (χ1v) is 46.3. The molecule has 6 aromatic rings. The van der Waals surface area contributed by atoms with Crippen molar-refractivity contribution in [2.24, 2.45) is 0 Å². The molecule has 4 N–H and O–H groups in total. The van der Waals surface area contributed by atoms with Gasteiger partial charge in [-0.15, -0.1) is 0 Å². The highest BCUT2D eigenvalue weighted by atomic mass is 79.9. The summed E-state index contributed by atoms with van der Waals surface area (Å²) in [5.41, 5.74) is 13.2. The molecule has 5 fully saturated rings. The molecule has 4 aliphatic heterocycles. The lowest BCUT2D eigenvalue weighted by atomic mass is 9.99. The first-order valence-electron chi connectivity index (χ1n) is 35.7. The Morgan fingerprint density at radius 3 is 1.52 bits per heavy atom. The van der Waals surface area contributed by atoms with Crippen LogP contribution in [0.5, 0.6) is 11.5 Å². The van der Waals surface area contributed by atoms with E-state index in [1.165, 1.54) is 17.4 Å². The minimum atomic E-state index is -3.73. The van der Waals surface area contributed by atoms with Crippen molar-refractivity contribution in [3.05, 3.63) is 102 Å². The number of benzene rings is 4. The van der Waals surface area contributed by atoms with Gasteiger partial charge >= 0.3 is 0 Å². The van der Waals surface area contributed by atoms with E-state index in [0.717, 1.165) is 191 Å². The molecule has 1 saturated carbocycles. The van der Waals surface area contributed by atoms with Crippen LogP contribution in [-0.4, -0.2) is 219 Å². The highest BCUT2D eigenvalue weighted by Gasteiger charge is 2.35. The van der Waals surface area contributed by atoms with Gasteiger partial charge in [0, 0.05) is 150 Å². The first kappa shape index (κ1) is 76.7. The summed E-state index contributed by atoms with van der Waals surface area (Å²) >= 11 is 7.44. The van der Waals surface area contributed by atoms with Crippen molar-refractivity contribution in [3.63, 3.8) is 0 Å². The number of sulfone groups is 2. The van der Waals surface area contributed by atoms with E-state index in [9.17, 15) is 26.0 Å². The van der Waals surface area contributed by atoms with Gasteiger partial charge in [0.2, 0.25) is 11.9 Å². The number of nitrogens with one attached hydrogen (secondary N) is 4. The summed E-state index contributed by atoms with van der Waals surface area (Å²) in [6.45, 7) is 31.1. The van der Waals surface area contributed by atoms with E-state index in [0.29, 0.717) is 86.2 Å².